The summed E-state index contributed by atoms with van der Waals surface area (Å²) in [6.07, 6.45) is 0.571. The topological polar surface area (TPSA) is 110 Å². The van der Waals surface area contributed by atoms with Crippen molar-refractivity contribution in [2.45, 2.75) is 0 Å². The molecule has 8 nitrogen and oxygen atoms in total. The van der Waals surface area contributed by atoms with Gasteiger partial charge in [-0.1, -0.05) is 0 Å². The fourth-order valence-electron chi connectivity index (χ4n) is 2.20. The van der Waals surface area contributed by atoms with Crippen LogP contribution in [-0.4, -0.2) is 48.3 Å². The molecule has 0 aromatic heterocycles. The molecule has 0 radical (unpaired) electrons. The van der Waals surface area contributed by atoms with E-state index in [2.05, 4.69) is 0 Å². The minimum absolute atomic E-state index is 0.109. The van der Waals surface area contributed by atoms with Crippen LogP contribution in [0.3, 0.4) is 0 Å². The highest BCUT2D eigenvalue weighted by atomic mass is 16.6. The standard InChI is InChI=1S/C12H14N4O4/c13-12(18)15-5-3-14(4-6-15)10-2-1-9(8-17)7-11(10)16(19)20/h1-2,7-8H,3-6H2,(H2,13,18). The fraction of sp³-hybridized carbons (Fsp3) is 0.333. The van der Waals surface area contributed by atoms with Crippen molar-refractivity contribution in [2.75, 3.05) is 31.1 Å². The smallest absolute Gasteiger partial charge is 0.314 e. The van der Waals surface area contributed by atoms with Gasteiger partial charge < -0.3 is 15.5 Å². The third-order valence-electron chi connectivity index (χ3n) is 3.26. The maximum Gasteiger partial charge on any atom is 0.314 e. The molecule has 0 unspecified atom stereocenters. The van der Waals surface area contributed by atoms with Gasteiger partial charge >= 0.3 is 6.03 Å². The van der Waals surface area contributed by atoms with Crippen molar-refractivity contribution in [2.24, 2.45) is 5.73 Å². The summed E-state index contributed by atoms with van der Waals surface area (Å²) < 4.78 is 0. The molecular weight excluding hydrogens is 264 g/mol. The van der Waals surface area contributed by atoms with E-state index in [0.29, 0.717) is 38.2 Å². The van der Waals surface area contributed by atoms with Crippen LogP contribution >= 0.6 is 0 Å². The molecule has 0 bridgehead atoms. The Bertz CT molecular complexity index is 552. The third kappa shape index (κ3) is 2.68. The van der Waals surface area contributed by atoms with Crippen LogP contribution < -0.4 is 10.6 Å². The van der Waals surface area contributed by atoms with E-state index in [1.54, 1.807) is 6.07 Å². The number of primary amides is 1. The van der Waals surface area contributed by atoms with Gasteiger partial charge in [-0.15, -0.1) is 0 Å². The largest absolute Gasteiger partial charge is 0.362 e. The molecule has 2 N–H and O–H groups in total. The van der Waals surface area contributed by atoms with Gasteiger partial charge in [0.15, 0.2) is 0 Å². The molecule has 2 amide bonds. The highest BCUT2D eigenvalue weighted by Gasteiger charge is 2.25. The Kier molecular flexibility index (Phi) is 3.83. The minimum Gasteiger partial charge on any atom is -0.362 e. The number of hydrogen-bond donors (Lipinski definition) is 1. The number of nitrogens with zero attached hydrogens (tertiary/aromatic N) is 3. The molecule has 0 spiro atoms. The first-order chi connectivity index (χ1) is 9.52. The number of aldehydes is 1. The van der Waals surface area contributed by atoms with Gasteiger partial charge in [-0.3, -0.25) is 14.9 Å². The average molecular weight is 278 g/mol. The predicted octanol–water partition coefficient (Wildman–Crippen LogP) is 0.608. The molecule has 106 valence electrons. The van der Waals surface area contributed by atoms with E-state index in [1.807, 2.05) is 4.90 Å². The highest BCUT2D eigenvalue weighted by molar-refractivity contribution is 5.80. The highest BCUT2D eigenvalue weighted by Crippen LogP contribution is 2.29. The summed E-state index contributed by atoms with van der Waals surface area (Å²) in [5, 5.41) is 11.1. The molecule has 0 atom stereocenters. The number of nitrogens with two attached hydrogens (primary N) is 1. The van der Waals surface area contributed by atoms with E-state index in [0.717, 1.165) is 0 Å². The Morgan fingerprint density at radius 2 is 1.95 bits per heavy atom. The molecular formula is C12H14N4O4. The monoisotopic (exact) mass is 278 g/mol. The van der Waals surface area contributed by atoms with E-state index in [9.17, 15) is 19.7 Å². The third-order valence-corrected chi connectivity index (χ3v) is 3.26. The molecule has 20 heavy (non-hydrogen) atoms. The lowest BCUT2D eigenvalue weighted by atomic mass is 10.1. The van der Waals surface area contributed by atoms with Crippen molar-refractivity contribution >= 4 is 23.7 Å². The zero-order valence-corrected chi connectivity index (χ0v) is 10.7. The summed E-state index contributed by atoms with van der Waals surface area (Å²) in [6.45, 7) is 1.76. The molecule has 1 heterocycles. The van der Waals surface area contributed by atoms with Gasteiger partial charge in [0, 0.05) is 37.8 Å². The van der Waals surface area contributed by atoms with Crippen molar-refractivity contribution in [3.05, 3.63) is 33.9 Å². The number of benzene rings is 1. The molecule has 1 fully saturated rings. The number of carbonyl (C=O) groups is 2. The molecule has 1 aliphatic heterocycles. The molecule has 8 heteroatoms. The van der Waals surface area contributed by atoms with Crippen LogP contribution in [0.4, 0.5) is 16.2 Å². The van der Waals surface area contributed by atoms with E-state index >= 15 is 0 Å². The van der Waals surface area contributed by atoms with Crippen LogP contribution in [-0.2, 0) is 0 Å². The van der Waals surface area contributed by atoms with Crippen LogP contribution in [0.5, 0.6) is 0 Å². The Hall–Kier alpha value is -2.64. The Balaban J connectivity index is 2.23. The second-order valence-corrected chi connectivity index (χ2v) is 4.44. The van der Waals surface area contributed by atoms with Crippen LogP contribution in [0, 0.1) is 10.1 Å². The summed E-state index contributed by atoms with van der Waals surface area (Å²) in [7, 11) is 0. The van der Waals surface area contributed by atoms with E-state index in [1.165, 1.54) is 17.0 Å². The molecule has 1 aromatic carbocycles. The Labute approximate surface area is 114 Å². The number of piperazine rings is 1. The first-order valence-electron chi connectivity index (χ1n) is 6.06. The van der Waals surface area contributed by atoms with Gasteiger partial charge in [0.1, 0.15) is 12.0 Å². The number of carbonyl (C=O) groups excluding carboxylic acids is 2. The Morgan fingerprint density at radius 1 is 1.30 bits per heavy atom. The van der Waals surface area contributed by atoms with Gasteiger partial charge in [-0.25, -0.2) is 4.79 Å². The SMILES string of the molecule is NC(=O)N1CCN(c2ccc(C=O)cc2[N+](=O)[O-])CC1. The van der Waals surface area contributed by atoms with Gasteiger partial charge in [0.25, 0.3) is 5.69 Å². The van der Waals surface area contributed by atoms with Gasteiger partial charge in [-0.2, -0.15) is 0 Å². The number of amides is 2. The zero-order valence-electron chi connectivity index (χ0n) is 10.7. The first kappa shape index (κ1) is 13.8. The lowest BCUT2D eigenvalue weighted by Gasteiger charge is -2.34. The molecule has 0 saturated carbocycles. The number of nitro benzene ring substituents is 1. The van der Waals surface area contributed by atoms with Crippen LogP contribution in [0.15, 0.2) is 18.2 Å². The van der Waals surface area contributed by atoms with Crippen molar-refractivity contribution in [3.63, 3.8) is 0 Å². The molecule has 2 rings (SSSR count). The van der Waals surface area contributed by atoms with Gasteiger partial charge in [-0.05, 0) is 12.1 Å². The quantitative estimate of drug-likeness (QED) is 0.494. The number of rotatable bonds is 3. The van der Waals surface area contributed by atoms with Gasteiger partial charge in [0.2, 0.25) is 0 Å². The number of anilines is 1. The summed E-state index contributed by atoms with van der Waals surface area (Å²) in [5.41, 5.74) is 5.79. The summed E-state index contributed by atoms with van der Waals surface area (Å²) in [5.74, 6) is 0. The summed E-state index contributed by atoms with van der Waals surface area (Å²) >= 11 is 0. The second kappa shape index (κ2) is 5.55. The predicted molar refractivity (Wildman–Crippen MR) is 71.9 cm³/mol. The van der Waals surface area contributed by atoms with Crippen molar-refractivity contribution < 1.29 is 14.5 Å². The van der Waals surface area contributed by atoms with Crippen LogP contribution in [0.25, 0.3) is 0 Å². The average Bonchev–Trinajstić information content (AvgIpc) is 2.46. The Morgan fingerprint density at radius 3 is 2.45 bits per heavy atom. The molecule has 0 aliphatic carbocycles. The lowest BCUT2D eigenvalue weighted by molar-refractivity contribution is -0.384. The normalized spacial score (nSPS) is 15.0. The lowest BCUT2D eigenvalue weighted by Crippen LogP contribution is -2.50. The molecule has 1 aliphatic rings. The summed E-state index contributed by atoms with van der Waals surface area (Å²) in [4.78, 5) is 35.6. The molecule has 1 saturated heterocycles. The van der Waals surface area contributed by atoms with E-state index < -0.39 is 11.0 Å². The maximum atomic E-state index is 11.1. The molecule has 1 aromatic rings. The number of urea groups is 1. The van der Waals surface area contributed by atoms with E-state index in [4.69, 9.17) is 5.73 Å². The van der Waals surface area contributed by atoms with Crippen molar-refractivity contribution in [1.82, 2.24) is 4.90 Å². The number of nitro groups is 1. The van der Waals surface area contributed by atoms with Gasteiger partial charge in [0.05, 0.1) is 4.92 Å². The second-order valence-electron chi connectivity index (χ2n) is 4.44. The maximum absolute atomic E-state index is 11.1. The fourth-order valence-corrected chi connectivity index (χ4v) is 2.20. The van der Waals surface area contributed by atoms with Crippen LogP contribution in [0.2, 0.25) is 0 Å². The van der Waals surface area contributed by atoms with Crippen molar-refractivity contribution in [3.8, 4) is 0 Å². The van der Waals surface area contributed by atoms with Crippen molar-refractivity contribution in [1.29, 1.82) is 0 Å². The zero-order chi connectivity index (χ0) is 14.7. The number of hydrogen-bond acceptors (Lipinski definition) is 5. The van der Waals surface area contributed by atoms with E-state index in [-0.39, 0.29) is 11.3 Å². The van der Waals surface area contributed by atoms with Crippen LogP contribution in [0.1, 0.15) is 10.4 Å². The first-order valence-corrected chi connectivity index (χ1v) is 6.06. The summed E-state index contributed by atoms with van der Waals surface area (Å²) in [6, 6.07) is 3.86. The minimum atomic E-state index is -0.511.